The Morgan fingerprint density at radius 3 is 1.19 bits per heavy atom. The van der Waals surface area contributed by atoms with E-state index in [1.165, 1.54) is 0 Å². The van der Waals surface area contributed by atoms with Gasteiger partial charge < -0.3 is 29.2 Å². The minimum absolute atomic E-state index is 0.443. The van der Waals surface area contributed by atoms with Crippen molar-refractivity contribution in [2.24, 2.45) is 5.41 Å². The van der Waals surface area contributed by atoms with Crippen LogP contribution in [0.15, 0.2) is 0 Å². The number of amides is 2. The molecule has 2 aliphatic heterocycles. The van der Waals surface area contributed by atoms with Crippen LogP contribution in [-0.2, 0) is 38.1 Å². The number of carboxylic acids is 2. The Morgan fingerprint density at radius 2 is 0.963 bits per heavy atom. The van der Waals surface area contributed by atoms with Gasteiger partial charge in [0, 0.05) is 0 Å². The van der Waals surface area contributed by atoms with Crippen molar-refractivity contribution in [1.82, 2.24) is 9.80 Å². The van der Waals surface area contributed by atoms with Gasteiger partial charge in [-0.2, -0.15) is 0 Å². The van der Waals surface area contributed by atoms with Gasteiger partial charge in [-0.25, -0.2) is 9.59 Å². The average molecular weight is 390 g/mol. The van der Waals surface area contributed by atoms with Crippen LogP contribution in [-0.4, -0.2) is 82.3 Å². The molecule has 2 heterocycles. The highest BCUT2D eigenvalue weighted by Crippen LogP contribution is 2.30. The second kappa shape index (κ2) is 7.03. The van der Waals surface area contributed by atoms with E-state index in [0.717, 1.165) is 0 Å². The van der Waals surface area contributed by atoms with Gasteiger partial charge in [-0.3, -0.25) is 19.4 Å². The van der Waals surface area contributed by atoms with Crippen molar-refractivity contribution in [3.05, 3.63) is 0 Å². The summed E-state index contributed by atoms with van der Waals surface area (Å²) in [5.74, 6) is -9.36. The zero-order chi connectivity index (χ0) is 20.6. The molecule has 12 heteroatoms. The van der Waals surface area contributed by atoms with Crippen molar-refractivity contribution in [2.75, 3.05) is 26.9 Å². The number of carbonyl (C=O) groups excluding carboxylic acids is 2. The molecular formula is C15H22N2O10. The monoisotopic (exact) mass is 390 g/mol. The fraction of sp³-hybridized carbons (Fsp3) is 0.733. The number of ether oxygens (including phenoxy) is 4. The van der Waals surface area contributed by atoms with Gasteiger partial charge in [-0.1, -0.05) is 0 Å². The fourth-order valence-electron chi connectivity index (χ4n) is 2.35. The largest absolute Gasteiger partial charge is 0.480 e. The smallest absolute Gasteiger partial charge is 0.340 e. The normalized spacial score (nSPS) is 22.2. The van der Waals surface area contributed by atoms with E-state index in [1.807, 2.05) is 0 Å². The molecule has 0 aliphatic carbocycles. The number of nitrogens with zero attached hydrogens (tertiary/aromatic N) is 2. The molecular weight excluding hydrogens is 368 g/mol. The Bertz CT molecular complexity index is 583. The predicted molar refractivity (Wildman–Crippen MR) is 83.4 cm³/mol. The summed E-state index contributed by atoms with van der Waals surface area (Å²) in [6.07, 6.45) is 0. The number of rotatable bonds is 4. The van der Waals surface area contributed by atoms with Crippen LogP contribution in [0.4, 0.5) is 0 Å². The third kappa shape index (κ3) is 3.88. The fourth-order valence-corrected chi connectivity index (χ4v) is 2.35. The molecule has 0 saturated carbocycles. The molecule has 0 aromatic heterocycles. The van der Waals surface area contributed by atoms with Crippen molar-refractivity contribution < 1.29 is 48.3 Å². The van der Waals surface area contributed by atoms with E-state index in [2.05, 4.69) is 0 Å². The highest BCUT2D eigenvalue weighted by atomic mass is 16.7. The van der Waals surface area contributed by atoms with Crippen LogP contribution in [0.25, 0.3) is 0 Å². The molecule has 2 aliphatic rings. The molecule has 0 bridgehead atoms. The van der Waals surface area contributed by atoms with Gasteiger partial charge >= 0.3 is 17.4 Å². The molecule has 0 aromatic carbocycles. The first-order chi connectivity index (χ1) is 12.3. The Labute approximate surface area is 154 Å². The highest BCUT2D eigenvalue weighted by Gasteiger charge is 2.64. The lowest BCUT2D eigenvalue weighted by Crippen LogP contribution is -2.65. The van der Waals surface area contributed by atoms with Crippen molar-refractivity contribution >= 4 is 23.8 Å². The molecule has 2 rings (SSSR count). The molecule has 0 aromatic rings. The first-order valence-corrected chi connectivity index (χ1v) is 7.95. The van der Waals surface area contributed by atoms with Crippen molar-refractivity contribution in [2.45, 2.75) is 39.3 Å². The van der Waals surface area contributed by atoms with Crippen LogP contribution in [0.2, 0.25) is 0 Å². The van der Waals surface area contributed by atoms with Gasteiger partial charge in [0.05, 0.1) is 0 Å². The van der Waals surface area contributed by atoms with E-state index in [9.17, 15) is 29.4 Å². The summed E-state index contributed by atoms with van der Waals surface area (Å²) in [6, 6.07) is 0. The summed E-state index contributed by atoms with van der Waals surface area (Å²) in [7, 11) is 0. The lowest BCUT2D eigenvalue weighted by molar-refractivity contribution is -0.297. The molecule has 152 valence electrons. The summed E-state index contributed by atoms with van der Waals surface area (Å²) in [5, 5.41) is 19.1. The molecule has 27 heavy (non-hydrogen) atoms. The lowest BCUT2D eigenvalue weighted by Gasteiger charge is -2.41. The highest BCUT2D eigenvalue weighted by molar-refractivity contribution is 6.34. The summed E-state index contributed by atoms with van der Waals surface area (Å²) in [4.78, 5) is 50.7. The Morgan fingerprint density at radius 1 is 0.704 bits per heavy atom. The van der Waals surface area contributed by atoms with E-state index in [1.54, 1.807) is 27.7 Å². The number of carbonyl (C=O) groups is 4. The standard InChI is InChI=1S/C15H22N2O10/c1-13(2)24-5-16(6-25-13)9(18)15(11(20)21,12(22)23)10(19)17-7-26-14(3,4)27-8-17/h5-8H2,1-4H3,(H,20,21)(H,22,23). The van der Waals surface area contributed by atoms with Gasteiger partial charge in [0.25, 0.3) is 11.8 Å². The first-order valence-electron chi connectivity index (χ1n) is 7.95. The molecule has 0 atom stereocenters. The van der Waals surface area contributed by atoms with E-state index >= 15 is 0 Å². The number of carboxylic acid groups (broad SMARTS) is 2. The minimum Gasteiger partial charge on any atom is -0.480 e. The van der Waals surface area contributed by atoms with E-state index < -0.39 is 67.7 Å². The molecule has 2 saturated heterocycles. The maximum atomic E-state index is 12.8. The molecule has 2 N–H and O–H groups in total. The van der Waals surface area contributed by atoms with Crippen LogP contribution in [0, 0.1) is 5.41 Å². The zero-order valence-electron chi connectivity index (χ0n) is 15.4. The van der Waals surface area contributed by atoms with Crippen LogP contribution >= 0.6 is 0 Å². The second-order valence-corrected chi connectivity index (χ2v) is 6.94. The maximum Gasteiger partial charge on any atom is 0.340 e. The summed E-state index contributed by atoms with van der Waals surface area (Å²) in [5.41, 5.74) is -3.43. The van der Waals surface area contributed by atoms with Crippen molar-refractivity contribution in [1.29, 1.82) is 0 Å². The maximum absolute atomic E-state index is 12.8. The van der Waals surface area contributed by atoms with Gasteiger partial charge in [-0.15, -0.1) is 0 Å². The van der Waals surface area contributed by atoms with Crippen LogP contribution in [0.3, 0.4) is 0 Å². The van der Waals surface area contributed by atoms with Gasteiger partial charge in [0.1, 0.15) is 26.9 Å². The molecule has 0 unspecified atom stereocenters. The third-order valence-electron chi connectivity index (χ3n) is 4.13. The van der Waals surface area contributed by atoms with E-state index in [0.29, 0.717) is 9.80 Å². The number of hydrogen-bond acceptors (Lipinski definition) is 8. The lowest BCUT2D eigenvalue weighted by atomic mass is 9.84. The van der Waals surface area contributed by atoms with Crippen LogP contribution in [0.1, 0.15) is 27.7 Å². The van der Waals surface area contributed by atoms with Crippen LogP contribution < -0.4 is 0 Å². The zero-order valence-corrected chi connectivity index (χ0v) is 15.4. The number of hydrogen-bond donors (Lipinski definition) is 2. The van der Waals surface area contributed by atoms with E-state index in [-0.39, 0.29) is 0 Å². The molecule has 12 nitrogen and oxygen atoms in total. The topological polar surface area (TPSA) is 152 Å². The van der Waals surface area contributed by atoms with Gasteiger partial charge in [0.15, 0.2) is 11.6 Å². The van der Waals surface area contributed by atoms with Gasteiger partial charge in [-0.05, 0) is 27.7 Å². The first kappa shape index (κ1) is 21.0. The molecule has 0 spiro atoms. The summed E-state index contributed by atoms with van der Waals surface area (Å²) in [6.45, 7) is 4.47. The SMILES string of the molecule is CC1(C)OCN(C(=O)C(C(=O)O)(C(=O)O)C(=O)N2COC(C)(C)OC2)CO1. The van der Waals surface area contributed by atoms with E-state index in [4.69, 9.17) is 18.9 Å². The summed E-state index contributed by atoms with van der Waals surface area (Å²) < 4.78 is 20.9. The average Bonchev–Trinajstić information content (AvgIpc) is 2.54. The Hall–Kier alpha value is -2.28. The van der Waals surface area contributed by atoms with Crippen LogP contribution in [0.5, 0.6) is 0 Å². The molecule has 0 radical (unpaired) electrons. The van der Waals surface area contributed by atoms with Crippen molar-refractivity contribution in [3.63, 3.8) is 0 Å². The molecule has 2 fully saturated rings. The predicted octanol–water partition coefficient (Wildman–Crippen LogP) is -0.805. The molecule has 2 amide bonds. The summed E-state index contributed by atoms with van der Waals surface area (Å²) >= 11 is 0. The second-order valence-electron chi connectivity index (χ2n) is 6.94. The minimum atomic E-state index is -3.43. The Balaban J connectivity index is 2.33. The van der Waals surface area contributed by atoms with Crippen molar-refractivity contribution in [3.8, 4) is 0 Å². The van der Waals surface area contributed by atoms with Gasteiger partial charge in [0.2, 0.25) is 0 Å². The third-order valence-corrected chi connectivity index (χ3v) is 4.13. The number of aliphatic carboxylic acids is 2. The Kier molecular flexibility index (Phi) is 5.48. The quantitative estimate of drug-likeness (QED) is 0.583.